The molecule has 0 saturated heterocycles. The van der Waals surface area contributed by atoms with Crippen LogP contribution in [0.25, 0.3) is 0 Å². The smallest absolute Gasteiger partial charge is 0.0624 e. The molecule has 1 aromatic carbocycles. The third-order valence-electron chi connectivity index (χ3n) is 2.00. The van der Waals surface area contributed by atoms with Crippen molar-refractivity contribution in [2.75, 3.05) is 0 Å². The van der Waals surface area contributed by atoms with Gasteiger partial charge in [0.25, 0.3) is 0 Å². The molecule has 0 aliphatic heterocycles. The highest BCUT2D eigenvalue weighted by Crippen LogP contribution is 2.31. The zero-order chi connectivity index (χ0) is 9.30. The van der Waals surface area contributed by atoms with Crippen LogP contribution >= 0.6 is 23.2 Å². The molecule has 0 aliphatic carbocycles. The molecule has 0 fully saturated rings. The van der Waals surface area contributed by atoms with E-state index in [1.165, 1.54) is 5.56 Å². The Labute approximate surface area is 83.5 Å². The molecule has 0 spiro atoms. The van der Waals surface area contributed by atoms with Gasteiger partial charge in [-0.15, -0.1) is 0 Å². The highest BCUT2D eigenvalue weighted by atomic mass is 35.5. The number of hydrogen-bond donors (Lipinski definition) is 0. The molecular formula is C10H12Cl2. The van der Waals surface area contributed by atoms with Crippen LogP contribution in [-0.4, -0.2) is 0 Å². The third kappa shape index (κ3) is 1.75. The summed E-state index contributed by atoms with van der Waals surface area (Å²) in [6, 6.07) is 3.89. The summed E-state index contributed by atoms with van der Waals surface area (Å²) < 4.78 is 0. The van der Waals surface area contributed by atoms with Crippen molar-refractivity contribution in [1.82, 2.24) is 0 Å². The molecule has 0 saturated carbocycles. The molecule has 0 aliphatic rings. The second-order valence-corrected chi connectivity index (χ2v) is 4.02. The van der Waals surface area contributed by atoms with Crippen LogP contribution in [0.4, 0.5) is 0 Å². The molecule has 0 atom stereocenters. The molecule has 0 nitrogen and oxygen atoms in total. The van der Waals surface area contributed by atoms with Crippen molar-refractivity contribution < 1.29 is 0 Å². The van der Waals surface area contributed by atoms with E-state index in [1.54, 1.807) is 0 Å². The van der Waals surface area contributed by atoms with Crippen LogP contribution in [0.15, 0.2) is 12.1 Å². The SMILES string of the molecule is Cc1c(C(C)C)ccc(Cl)c1Cl. The van der Waals surface area contributed by atoms with Crippen molar-refractivity contribution in [1.29, 1.82) is 0 Å². The van der Waals surface area contributed by atoms with Crippen LogP contribution < -0.4 is 0 Å². The molecule has 0 radical (unpaired) electrons. The Morgan fingerprint density at radius 1 is 1.17 bits per heavy atom. The highest BCUT2D eigenvalue weighted by Gasteiger charge is 2.08. The molecule has 0 aromatic heterocycles. The fourth-order valence-corrected chi connectivity index (χ4v) is 1.67. The zero-order valence-corrected chi connectivity index (χ0v) is 9.00. The average molecular weight is 203 g/mol. The molecule has 0 amide bonds. The number of rotatable bonds is 1. The van der Waals surface area contributed by atoms with E-state index in [-0.39, 0.29) is 0 Å². The minimum atomic E-state index is 0.500. The van der Waals surface area contributed by atoms with Gasteiger partial charge in [0.2, 0.25) is 0 Å². The van der Waals surface area contributed by atoms with Crippen molar-refractivity contribution in [3.63, 3.8) is 0 Å². The lowest BCUT2D eigenvalue weighted by Gasteiger charge is -2.11. The lowest BCUT2D eigenvalue weighted by Crippen LogP contribution is -1.92. The van der Waals surface area contributed by atoms with Crippen LogP contribution in [0.1, 0.15) is 30.9 Å². The van der Waals surface area contributed by atoms with Gasteiger partial charge < -0.3 is 0 Å². The normalized spacial score (nSPS) is 10.8. The summed E-state index contributed by atoms with van der Waals surface area (Å²) in [6.45, 7) is 6.29. The summed E-state index contributed by atoms with van der Waals surface area (Å²) >= 11 is 11.9. The Bertz CT molecular complexity index is 290. The average Bonchev–Trinajstić information content (AvgIpc) is 2.00. The predicted molar refractivity (Wildman–Crippen MR) is 55.3 cm³/mol. The summed E-state index contributed by atoms with van der Waals surface area (Å²) in [5.74, 6) is 0.500. The summed E-state index contributed by atoms with van der Waals surface area (Å²) in [7, 11) is 0. The van der Waals surface area contributed by atoms with Crippen LogP contribution in [-0.2, 0) is 0 Å². The van der Waals surface area contributed by atoms with Gasteiger partial charge in [0, 0.05) is 0 Å². The van der Waals surface area contributed by atoms with Gasteiger partial charge >= 0.3 is 0 Å². The second kappa shape index (κ2) is 3.68. The maximum absolute atomic E-state index is 5.99. The summed E-state index contributed by atoms with van der Waals surface area (Å²) in [4.78, 5) is 0. The van der Waals surface area contributed by atoms with Gasteiger partial charge in [0.05, 0.1) is 10.0 Å². The topological polar surface area (TPSA) is 0 Å². The molecule has 0 N–H and O–H groups in total. The summed E-state index contributed by atoms with van der Waals surface area (Å²) in [6.07, 6.45) is 0. The Morgan fingerprint density at radius 3 is 2.25 bits per heavy atom. The van der Waals surface area contributed by atoms with E-state index in [1.807, 2.05) is 19.1 Å². The highest BCUT2D eigenvalue weighted by molar-refractivity contribution is 6.42. The van der Waals surface area contributed by atoms with Gasteiger partial charge in [-0.2, -0.15) is 0 Å². The van der Waals surface area contributed by atoms with Crippen molar-refractivity contribution in [3.05, 3.63) is 33.3 Å². The van der Waals surface area contributed by atoms with Crippen molar-refractivity contribution >= 4 is 23.2 Å². The van der Waals surface area contributed by atoms with E-state index in [2.05, 4.69) is 13.8 Å². The Morgan fingerprint density at radius 2 is 1.75 bits per heavy atom. The summed E-state index contributed by atoms with van der Waals surface area (Å²) in [5, 5.41) is 1.32. The molecule has 0 bridgehead atoms. The van der Waals surface area contributed by atoms with Gasteiger partial charge in [0.15, 0.2) is 0 Å². The van der Waals surface area contributed by atoms with E-state index in [9.17, 15) is 0 Å². The molecule has 12 heavy (non-hydrogen) atoms. The van der Waals surface area contributed by atoms with Crippen molar-refractivity contribution in [2.45, 2.75) is 26.7 Å². The zero-order valence-electron chi connectivity index (χ0n) is 7.49. The molecule has 66 valence electrons. The van der Waals surface area contributed by atoms with Gasteiger partial charge in [0.1, 0.15) is 0 Å². The minimum Gasteiger partial charge on any atom is -0.0827 e. The lowest BCUT2D eigenvalue weighted by molar-refractivity contribution is 0.857. The van der Waals surface area contributed by atoms with E-state index < -0.39 is 0 Å². The molecule has 0 heterocycles. The molecule has 0 unspecified atom stereocenters. The van der Waals surface area contributed by atoms with Gasteiger partial charge in [-0.1, -0.05) is 43.1 Å². The minimum absolute atomic E-state index is 0.500. The first-order chi connectivity index (χ1) is 5.54. The fourth-order valence-electron chi connectivity index (χ4n) is 1.29. The number of hydrogen-bond acceptors (Lipinski definition) is 0. The first-order valence-electron chi connectivity index (χ1n) is 3.98. The number of halogens is 2. The van der Waals surface area contributed by atoms with E-state index >= 15 is 0 Å². The predicted octanol–water partition coefficient (Wildman–Crippen LogP) is 4.43. The monoisotopic (exact) mass is 202 g/mol. The van der Waals surface area contributed by atoms with Crippen LogP contribution in [0, 0.1) is 6.92 Å². The van der Waals surface area contributed by atoms with Gasteiger partial charge in [-0.3, -0.25) is 0 Å². The van der Waals surface area contributed by atoms with Gasteiger partial charge in [-0.05, 0) is 30.0 Å². The van der Waals surface area contributed by atoms with E-state index in [4.69, 9.17) is 23.2 Å². The molecular weight excluding hydrogens is 191 g/mol. The standard InChI is InChI=1S/C10H12Cl2/c1-6(2)8-4-5-9(11)10(12)7(8)3/h4-6H,1-3H3. The lowest BCUT2D eigenvalue weighted by atomic mass is 9.98. The van der Waals surface area contributed by atoms with Crippen molar-refractivity contribution in [3.8, 4) is 0 Å². The fraction of sp³-hybridized carbons (Fsp3) is 0.400. The Hall–Kier alpha value is -0.200. The molecule has 1 rings (SSSR count). The first kappa shape index (κ1) is 9.88. The van der Waals surface area contributed by atoms with Crippen LogP contribution in [0.5, 0.6) is 0 Å². The van der Waals surface area contributed by atoms with Gasteiger partial charge in [-0.25, -0.2) is 0 Å². The molecule has 2 heteroatoms. The first-order valence-corrected chi connectivity index (χ1v) is 4.74. The number of benzene rings is 1. The quantitative estimate of drug-likeness (QED) is 0.633. The Balaban J connectivity index is 3.27. The van der Waals surface area contributed by atoms with Crippen LogP contribution in [0.2, 0.25) is 10.0 Å². The Kier molecular flexibility index (Phi) is 3.03. The largest absolute Gasteiger partial charge is 0.0827 e. The van der Waals surface area contributed by atoms with Crippen molar-refractivity contribution in [2.24, 2.45) is 0 Å². The molecule has 1 aromatic rings. The van der Waals surface area contributed by atoms with Crippen LogP contribution in [0.3, 0.4) is 0 Å². The third-order valence-corrected chi connectivity index (χ3v) is 2.90. The summed E-state index contributed by atoms with van der Waals surface area (Å²) in [5.41, 5.74) is 2.36. The van der Waals surface area contributed by atoms with E-state index in [0.29, 0.717) is 16.0 Å². The van der Waals surface area contributed by atoms with E-state index in [0.717, 1.165) is 5.56 Å². The maximum Gasteiger partial charge on any atom is 0.0624 e. The second-order valence-electron chi connectivity index (χ2n) is 3.23. The maximum atomic E-state index is 5.99.